The molecule has 0 spiro atoms. The second kappa shape index (κ2) is 11.6. The Bertz CT molecular complexity index is 1830. The van der Waals surface area contributed by atoms with Crippen LogP contribution in [0.4, 0.5) is 5.69 Å². The Morgan fingerprint density at radius 1 is 0.907 bits per heavy atom. The number of benzene rings is 5. The molecule has 43 heavy (non-hydrogen) atoms. The Balaban J connectivity index is 1.18. The van der Waals surface area contributed by atoms with Crippen LogP contribution in [0.25, 0.3) is 21.9 Å². The molecule has 1 amide bonds. The number of amides is 1. The van der Waals surface area contributed by atoms with Crippen LogP contribution in [0.1, 0.15) is 50.4 Å². The van der Waals surface area contributed by atoms with Crippen molar-refractivity contribution in [1.29, 1.82) is 0 Å². The minimum absolute atomic E-state index is 0.0587. The van der Waals surface area contributed by atoms with Crippen LogP contribution in [0.3, 0.4) is 0 Å². The molecule has 216 valence electrons. The van der Waals surface area contributed by atoms with Crippen molar-refractivity contribution >= 4 is 28.3 Å². The second-order valence-electron chi connectivity index (χ2n) is 11.2. The molecule has 1 heterocycles. The van der Waals surface area contributed by atoms with Crippen molar-refractivity contribution in [3.8, 4) is 16.9 Å². The number of rotatable bonds is 7. The third-order valence-corrected chi connectivity index (χ3v) is 8.37. The SMILES string of the molecule is Cc1ccc(C(=O)O)c(-c2ccc(CN3CCOc4cc(C(=O)N(C)[C@@H](C)c5ccc6ccccc6c5)ccc43)cc2)c1. The molecule has 1 N–H and O–H groups in total. The highest BCUT2D eigenvalue weighted by Gasteiger charge is 2.24. The van der Waals surface area contributed by atoms with Crippen LogP contribution in [0.15, 0.2) is 103 Å². The van der Waals surface area contributed by atoms with Gasteiger partial charge in [0, 0.05) is 19.2 Å². The average Bonchev–Trinajstić information content (AvgIpc) is 3.03. The van der Waals surface area contributed by atoms with E-state index < -0.39 is 5.97 Å². The van der Waals surface area contributed by atoms with Crippen molar-refractivity contribution < 1.29 is 19.4 Å². The first-order valence-electron chi connectivity index (χ1n) is 14.5. The van der Waals surface area contributed by atoms with Crippen molar-refractivity contribution in [1.82, 2.24) is 4.90 Å². The van der Waals surface area contributed by atoms with Gasteiger partial charge in [0.1, 0.15) is 12.4 Å². The van der Waals surface area contributed by atoms with Gasteiger partial charge in [0.2, 0.25) is 0 Å². The number of ether oxygens (including phenoxy) is 1. The zero-order valence-corrected chi connectivity index (χ0v) is 24.6. The smallest absolute Gasteiger partial charge is 0.336 e. The van der Waals surface area contributed by atoms with Crippen molar-refractivity contribution in [2.45, 2.75) is 26.4 Å². The topological polar surface area (TPSA) is 70.1 Å². The van der Waals surface area contributed by atoms with Gasteiger partial charge in [0.05, 0.1) is 23.8 Å². The van der Waals surface area contributed by atoms with E-state index in [0.29, 0.717) is 35.6 Å². The maximum atomic E-state index is 13.5. The summed E-state index contributed by atoms with van der Waals surface area (Å²) in [6.07, 6.45) is 0. The molecule has 0 saturated heterocycles. The molecule has 0 aliphatic carbocycles. The fourth-order valence-corrected chi connectivity index (χ4v) is 5.74. The molecule has 5 aromatic carbocycles. The number of carboxylic acid groups (broad SMARTS) is 1. The Hall–Kier alpha value is -5.10. The third kappa shape index (κ3) is 5.69. The van der Waals surface area contributed by atoms with Crippen LogP contribution in [0.2, 0.25) is 0 Å². The van der Waals surface area contributed by atoms with E-state index in [1.54, 1.807) is 11.0 Å². The van der Waals surface area contributed by atoms with E-state index in [-0.39, 0.29) is 11.9 Å². The summed E-state index contributed by atoms with van der Waals surface area (Å²) in [5.41, 5.74) is 6.62. The monoisotopic (exact) mass is 570 g/mol. The van der Waals surface area contributed by atoms with Crippen LogP contribution in [0.5, 0.6) is 5.75 Å². The molecule has 6 nitrogen and oxygen atoms in total. The maximum absolute atomic E-state index is 13.5. The Morgan fingerprint density at radius 3 is 2.44 bits per heavy atom. The van der Waals surface area contributed by atoms with Gasteiger partial charge in [-0.3, -0.25) is 4.79 Å². The molecule has 1 aliphatic heterocycles. The zero-order valence-electron chi connectivity index (χ0n) is 24.6. The molecule has 6 rings (SSSR count). The molecule has 5 aromatic rings. The fraction of sp³-hybridized carbons (Fsp3) is 0.189. The van der Waals surface area contributed by atoms with E-state index in [9.17, 15) is 14.7 Å². The van der Waals surface area contributed by atoms with Gasteiger partial charge in [-0.15, -0.1) is 0 Å². The average molecular weight is 571 g/mol. The van der Waals surface area contributed by atoms with Gasteiger partial charge in [0.25, 0.3) is 5.91 Å². The molecule has 0 radical (unpaired) electrons. The summed E-state index contributed by atoms with van der Waals surface area (Å²) in [6.45, 7) is 5.93. The van der Waals surface area contributed by atoms with E-state index in [2.05, 4.69) is 35.2 Å². The van der Waals surface area contributed by atoms with Crippen LogP contribution >= 0.6 is 0 Å². The maximum Gasteiger partial charge on any atom is 0.336 e. The number of anilines is 1. The number of aromatic carboxylic acids is 1. The predicted molar refractivity (Wildman–Crippen MR) is 171 cm³/mol. The first-order chi connectivity index (χ1) is 20.8. The first kappa shape index (κ1) is 28.0. The number of carbonyl (C=O) groups excluding carboxylic acids is 1. The second-order valence-corrected chi connectivity index (χ2v) is 11.2. The summed E-state index contributed by atoms with van der Waals surface area (Å²) >= 11 is 0. The van der Waals surface area contributed by atoms with Crippen molar-refractivity contribution in [2.75, 3.05) is 25.1 Å². The summed E-state index contributed by atoms with van der Waals surface area (Å²) in [4.78, 5) is 29.3. The molecular weight excluding hydrogens is 536 g/mol. The Morgan fingerprint density at radius 2 is 1.67 bits per heavy atom. The lowest BCUT2D eigenvalue weighted by Crippen LogP contribution is -2.33. The molecule has 0 fully saturated rings. The highest BCUT2D eigenvalue weighted by molar-refractivity contribution is 5.97. The standard InChI is InChI=1S/C37H34N2O4/c1-24-8-16-32(37(41)42)33(20-24)28-11-9-26(10-12-28)23-39-18-19-43-35-22-31(15-17-34(35)39)36(40)38(3)25(2)29-14-13-27-6-4-5-7-30(27)21-29/h4-17,20-22,25H,18-19,23H2,1-3H3,(H,41,42)/t25-/m0/s1. The molecular formula is C37H34N2O4. The van der Waals surface area contributed by atoms with Gasteiger partial charge in [-0.2, -0.15) is 0 Å². The van der Waals surface area contributed by atoms with Gasteiger partial charge in [-0.05, 0) is 77.2 Å². The van der Waals surface area contributed by atoms with E-state index >= 15 is 0 Å². The lowest BCUT2D eigenvalue weighted by molar-refractivity contribution is 0.0696. The highest BCUT2D eigenvalue weighted by Crippen LogP contribution is 2.35. The predicted octanol–water partition coefficient (Wildman–Crippen LogP) is 7.75. The molecule has 0 unspecified atom stereocenters. The van der Waals surface area contributed by atoms with E-state index in [0.717, 1.165) is 39.9 Å². The summed E-state index contributed by atoms with van der Waals surface area (Å²) in [5, 5.41) is 12.0. The fourth-order valence-electron chi connectivity index (χ4n) is 5.74. The number of aryl methyl sites for hydroxylation is 1. The van der Waals surface area contributed by atoms with Gasteiger partial charge in [-0.1, -0.05) is 78.4 Å². The number of fused-ring (bicyclic) bond motifs is 2. The van der Waals surface area contributed by atoms with Crippen molar-refractivity contribution in [3.63, 3.8) is 0 Å². The first-order valence-corrected chi connectivity index (χ1v) is 14.5. The molecule has 0 saturated carbocycles. The van der Waals surface area contributed by atoms with E-state index in [4.69, 9.17) is 4.74 Å². The third-order valence-electron chi connectivity index (χ3n) is 8.37. The number of hydrogen-bond acceptors (Lipinski definition) is 4. The van der Waals surface area contributed by atoms with Gasteiger partial charge >= 0.3 is 5.97 Å². The summed E-state index contributed by atoms with van der Waals surface area (Å²) < 4.78 is 6.01. The largest absolute Gasteiger partial charge is 0.490 e. The summed E-state index contributed by atoms with van der Waals surface area (Å²) in [5.74, 6) is -0.292. The quantitative estimate of drug-likeness (QED) is 0.217. The minimum atomic E-state index is -0.934. The van der Waals surface area contributed by atoms with Gasteiger partial charge in [0.15, 0.2) is 0 Å². The number of hydrogen-bond donors (Lipinski definition) is 1. The van der Waals surface area contributed by atoms with Crippen molar-refractivity contribution in [2.24, 2.45) is 0 Å². The number of nitrogens with zero attached hydrogens (tertiary/aromatic N) is 2. The van der Waals surface area contributed by atoms with Gasteiger partial charge in [-0.25, -0.2) is 4.79 Å². The zero-order chi connectivity index (χ0) is 30.1. The molecule has 1 aliphatic rings. The lowest BCUT2D eigenvalue weighted by atomic mass is 9.96. The van der Waals surface area contributed by atoms with Crippen LogP contribution < -0.4 is 9.64 Å². The van der Waals surface area contributed by atoms with Crippen LogP contribution in [-0.2, 0) is 6.54 Å². The Labute approximate surface area is 251 Å². The lowest BCUT2D eigenvalue weighted by Gasteiger charge is -2.32. The summed E-state index contributed by atoms with van der Waals surface area (Å²) in [7, 11) is 1.84. The van der Waals surface area contributed by atoms with E-state index in [1.165, 1.54) is 5.39 Å². The number of carboxylic acids is 1. The Kier molecular flexibility index (Phi) is 7.59. The minimum Gasteiger partial charge on any atom is -0.490 e. The summed E-state index contributed by atoms with van der Waals surface area (Å²) in [6, 6.07) is 33.6. The molecule has 1 atom stereocenters. The molecule has 0 bridgehead atoms. The van der Waals surface area contributed by atoms with Crippen LogP contribution in [0, 0.1) is 6.92 Å². The van der Waals surface area contributed by atoms with E-state index in [1.807, 2.05) is 87.6 Å². The molecule has 6 heteroatoms. The van der Waals surface area contributed by atoms with Crippen molar-refractivity contribution in [3.05, 3.63) is 131 Å². The van der Waals surface area contributed by atoms with Gasteiger partial charge < -0.3 is 19.6 Å². The highest BCUT2D eigenvalue weighted by atomic mass is 16.5. The number of carbonyl (C=O) groups is 2. The normalized spacial score (nSPS) is 13.2. The van der Waals surface area contributed by atoms with Crippen LogP contribution in [-0.4, -0.2) is 42.1 Å². The molecule has 0 aromatic heterocycles.